The number of benzene rings is 2. The monoisotopic (exact) mass is 508 g/mol. The van der Waals surface area contributed by atoms with Crippen molar-refractivity contribution in [3.05, 3.63) is 72.4 Å². The second-order valence-corrected chi connectivity index (χ2v) is 9.82. The Labute approximate surface area is 195 Å². The molecule has 0 radical (unpaired) electrons. The number of aromatic hydroxyl groups is 1. The van der Waals surface area contributed by atoms with Crippen LogP contribution in [-0.4, -0.2) is 48.3 Å². The molecule has 4 N–H and O–H groups in total. The summed E-state index contributed by atoms with van der Waals surface area (Å²) >= 11 is 0. The third-order valence-corrected chi connectivity index (χ3v) is 6.01. The van der Waals surface area contributed by atoms with Crippen molar-refractivity contribution < 1.29 is 36.4 Å². The summed E-state index contributed by atoms with van der Waals surface area (Å²) < 4.78 is 54.0. The zero-order valence-electron chi connectivity index (χ0n) is 17.6. The SMILES string of the molecule is CCS(=O)(=O)O.O=C(O)c1cc(N=Nc2ccc(S(=O)(=O)Nc3ccccn3)cc2)ccc1O. The lowest BCUT2D eigenvalue weighted by atomic mass is 10.2. The molecule has 1 heterocycles. The van der Waals surface area contributed by atoms with E-state index in [2.05, 4.69) is 19.9 Å². The number of nitrogens with zero attached hydrogens (tertiary/aromatic N) is 3. The third kappa shape index (κ3) is 8.23. The highest BCUT2D eigenvalue weighted by atomic mass is 32.2. The van der Waals surface area contributed by atoms with Gasteiger partial charge in [-0.15, -0.1) is 0 Å². The first-order chi connectivity index (χ1) is 15.9. The van der Waals surface area contributed by atoms with Gasteiger partial charge in [0.25, 0.3) is 20.1 Å². The molecule has 0 aliphatic rings. The Morgan fingerprint density at radius 2 is 1.56 bits per heavy atom. The van der Waals surface area contributed by atoms with Crippen LogP contribution in [0.2, 0.25) is 0 Å². The average Bonchev–Trinajstić information content (AvgIpc) is 2.79. The first kappa shape index (κ1) is 26.4. The molecule has 0 saturated carbocycles. The smallest absolute Gasteiger partial charge is 0.339 e. The number of nitrogens with one attached hydrogen (secondary N) is 1. The normalized spacial score (nSPS) is 11.5. The van der Waals surface area contributed by atoms with E-state index >= 15 is 0 Å². The van der Waals surface area contributed by atoms with Gasteiger partial charge in [-0.1, -0.05) is 6.07 Å². The van der Waals surface area contributed by atoms with E-state index in [9.17, 15) is 26.7 Å². The molecule has 0 spiro atoms. The number of carbonyl (C=O) groups is 1. The van der Waals surface area contributed by atoms with E-state index < -0.39 is 26.1 Å². The van der Waals surface area contributed by atoms with Crippen LogP contribution in [0.25, 0.3) is 0 Å². The van der Waals surface area contributed by atoms with Crippen LogP contribution in [0.5, 0.6) is 5.75 Å². The second-order valence-electron chi connectivity index (χ2n) is 6.39. The van der Waals surface area contributed by atoms with Crippen LogP contribution in [0.1, 0.15) is 17.3 Å². The van der Waals surface area contributed by atoms with Gasteiger partial charge in [0.05, 0.1) is 22.0 Å². The van der Waals surface area contributed by atoms with Crippen LogP contribution in [0.3, 0.4) is 0 Å². The molecule has 3 rings (SSSR count). The maximum Gasteiger partial charge on any atom is 0.339 e. The van der Waals surface area contributed by atoms with E-state index in [0.717, 1.165) is 0 Å². The van der Waals surface area contributed by atoms with Crippen LogP contribution >= 0.6 is 0 Å². The van der Waals surface area contributed by atoms with Crippen LogP contribution in [-0.2, 0) is 20.1 Å². The lowest BCUT2D eigenvalue weighted by Gasteiger charge is -2.07. The standard InChI is InChI=1S/C18H14N4O5S.C2H6O3S/c23-16-9-6-13(11-15(16)18(24)25)21-20-12-4-7-14(8-5-12)28(26,27)22-17-3-1-2-10-19-17;1-2-6(3,4)5/h1-11,23H,(H,19,22)(H,24,25);2H2,1H3,(H,3,4,5). The van der Waals surface area contributed by atoms with Gasteiger partial charge in [-0.3, -0.25) is 9.27 Å². The maximum atomic E-state index is 12.3. The molecule has 0 saturated heterocycles. The molecule has 0 aliphatic heterocycles. The van der Waals surface area contributed by atoms with Gasteiger partial charge in [0.1, 0.15) is 17.1 Å². The fraction of sp³-hybridized carbons (Fsp3) is 0.100. The molecule has 0 fully saturated rings. The summed E-state index contributed by atoms with van der Waals surface area (Å²) in [7, 11) is -7.46. The number of phenols is 1. The van der Waals surface area contributed by atoms with Crippen LogP contribution in [0, 0.1) is 0 Å². The van der Waals surface area contributed by atoms with E-state index in [1.165, 1.54) is 61.7 Å². The van der Waals surface area contributed by atoms with E-state index in [-0.39, 0.29) is 33.5 Å². The summed E-state index contributed by atoms with van der Waals surface area (Å²) in [5.74, 6) is -1.66. The number of carboxylic acids is 1. The zero-order valence-corrected chi connectivity index (χ0v) is 19.2. The minimum Gasteiger partial charge on any atom is -0.507 e. The van der Waals surface area contributed by atoms with Gasteiger partial charge in [-0.2, -0.15) is 18.6 Å². The maximum absolute atomic E-state index is 12.3. The summed E-state index contributed by atoms with van der Waals surface area (Å²) in [6, 6.07) is 14.3. The summed E-state index contributed by atoms with van der Waals surface area (Å²) in [6.07, 6.45) is 1.47. The van der Waals surface area contributed by atoms with Gasteiger partial charge in [0.2, 0.25) is 0 Å². The van der Waals surface area contributed by atoms with Gasteiger partial charge >= 0.3 is 5.97 Å². The summed E-state index contributed by atoms with van der Waals surface area (Å²) in [5, 5.41) is 26.3. The van der Waals surface area contributed by atoms with Crippen molar-refractivity contribution in [1.82, 2.24) is 4.98 Å². The number of azo groups is 1. The van der Waals surface area contributed by atoms with Crippen molar-refractivity contribution >= 4 is 43.3 Å². The predicted octanol–water partition coefficient (Wildman–Crippen LogP) is 3.60. The molecule has 14 heteroatoms. The molecular formula is C20H20N4O8S2. The largest absolute Gasteiger partial charge is 0.507 e. The highest BCUT2D eigenvalue weighted by molar-refractivity contribution is 7.92. The minimum atomic E-state index is -3.79. The molecular weight excluding hydrogens is 488 g/mol. The van der Waals surface area contributed by atoms with Crippen molar-refractivity contribution in [3.8, 4) is 5.75 Å². The van der Waals surface area contributed by atoms with Crippen molar-refractivity contribution in [2.24, 2.45) is 10.2 Å². The number of sulfonamides is 1. The Kier molecular flexibility index (Phi) is 8.77. The topological polar surface area (TPSA) is 196 Å². The number of hydrogen-bond donors (Lipinski definition) is 4. The molecule has 180 valence electrons. The Hall–Kier alpha value is -3.88. The third-order valence-electron chi connectivity index (χ3n) is 3.91. The van der Waals surface area contributed by atoms with Crippen molar-refractivity contribution in [3.63, 3.8) is 0 Å². The van der Waals surface area contributed by atoms with Crippen LogP contribution in [0.4, 0.5) is 17.2 Å². The quantitative estimate of drug-likeness (QED) is 0.272. The summed E-state index contributed by atoms with van der Waals surface area (Å²) in [4.78, 5) is 14.9. The van der Waals surface area contributed by atoms with Crippen molar-refractivity contribution in [2.75, 3.05) is 10.5 Å². The molecule has 0 atom stereocenters. The van der Waals surface area contributed by atoms with E-state index in [1.54, 1.807) is 12.1 Å². The Morgan fingerprint density at radius 1 is 0.971 bits per heavy atom. The predicted molar refractivity (Wildman–Crippen MR) is 123 cm³/mol. The van der Waals surface area contributed by atoms with Crippen LogP contribution in [0.15, 0.2) is 82.0 Å². The minimum absolute atomic E-state index is 0.0231. The Balaban J connectivity index is 0.000000604. The highest BCUT2D eigenvalue weighted by Crippen LogP contribution is 2.26. The van der Waals surface area contributed by atoms with Gasteiger partial charge < -0.3 is 10.2 Å². The number of carboxylic acid groups (broad SMARTS) is 1. The first-order valence-corrected chi connectivity index (χ1v) is 12.5. The molecule has 34 heavy (non-hydrogen) atoms. The van der Waals surface area contributed by atoms with Gasteiger partial charge in [-0.05, 0) is 61.5 Å². The average molecular weight is 509 g/mol. The number of rotatable bonds is 7. The highest BCUT2D eigenvalue weighted by Gasteiger charge is 2.14. The summed E-state index contributed by atoms with van der Waals surface area (Å²) in [5.41, 5.74) is 0.295. The molecule has 12 nitrogen and oxygen atoms in total. The van der Waals surface area contributed by atoms with Crippen LogP contribution < -0.4 is 4.72 Å². The number of anilines is 1. The number of hydrogen-bond acceptors (Lipinski definition) is 9. The van der Waals surface area contributed by atoms with E-state index in [0.29, 0.717) is 5.69 Å². The molecule has 0 amide bonds. The Morgan fingerprint density at radius 3 is 2.09 bits per heavy atom. The lowest BCUT2D eigenvalue weighted by molar-refractivity contribution is 0.0693. The number of aromatic nitrogens is 1. The first-order valence-electron chi connectivity index (χ1n) is 9.38. The molecule has 3 aromatic rings. The van der Waals surface area contributed by atoms with Crippen molar-refractivity contribution in [2.45, 2.75) is 11.8 Å². The fourth-order valence-electron chi connectivity index (χ4n) is 2.18. The van der Waals surface area contributed by atoms with Gasteiger partial charge in [-0.25, -0.2) is 18.2 Å². The fourth-order valence-corrected chi connectivity index (χ4v) is 3.19. The van der Waals surface area contributed by atoms with Gasteiger partial charge in [0, 0.05) is 6.20 Å². The molecule has 1 aromatic heterocycles. The van der Waals surface area contributed by atoms with Crippen molar-refractivity contribution in [1.29, 1.82) is 0 Å². The van der Waals surface area contributed by atoms with E-state index in [4.69, 9.17) is 9.66 Å². The molecule has 0 bridgehead atoms. The molecule has 2 aromatic carbocycles. The van der Waals surface area contributed by atoms with Gasteiger partial charge in [0.15, 0.2) is 0 Å². The van der Waals surface area contributed by atoms with E-state index in [1.807, 2.05) is 0 Å². The molecule has 0 unspecified atom stereocenters. The lowest BCUT2D eigenvalue weighted by Crippen LogP contribution is -2.13. The number of pyridine rings is 1. The summed E-state index contributed by atoms with van der Waals surface area (Å²) in [6.45, 7) is 1.37. The zero-order chi connectivity index (χ0) is 25.4. The number of aromatic carboxylic acids is 1. The molecule has 0 aliphatic carbocycles. The Bertz CT molecular complexity index is 1380. The second kappa shape index (κ2) is 11.3.